The van der Waals surface area contributed by atoms with Crippen molar-refractivity contribution in [2.24, 2.45) is 0 Å². The summed E-state index contributed by atoms with van der Waals surface area (Å²) in [6, 6.07) is 21.5. The average Bonchev–Trinajstić information content (AvgIpc) is 2.80. The van der Waals surface area contributed by atoms with E-state index in [1.165, 1.54) is 10.5 Å². The van der Waals surface area contributed by atoms with Crippen molar-refractivity contribution in [3.05, 3.63) is 96.3 Å². The molecule has 1 fully saturated rings. The zero-order valence-corrected chi connectivity index (χ0v) is 16.9. The van der Waals surface area contributed by atoms with Gasteiger partial charge in [-0.1, -0.05) is 30.3 Å². The van der Waals surface area contributed by atoms with Gasteiger partial charge in [0.1, 0.15) is 18.0 Å². The van der Waals surface area contributed by atoms with E-state index in [-0.39, 0.29) is 5.91 Å². The van der Waals surface area contributed by atoms with Gasteiger partial charge in [0.05, 0.1) is 26.2 Å². The summed E-state index contributed by atoms with van der Waals surface area (Å²) in [6.07, 6.45) is 7.18. The highest BCUT2D eigenvalue weighted by Crippen LogP contribution is 2.22. The second-order valence-corrected chi connectivity index (χ2v) is 7.43. The van der Waals surface area contributed by atoms with Gasteiger partial charge in [0.15, 0.2) is 0 Å². The van der Waals surface area contributed by atoms with Gasteiger partial charge in [-0.2, -0.15) is 0 Å². The van der Waals surface area contributed by atoms with Crippen molar-refractivity contribution in [2.75, 3.05) is 26.2 Å². The van der Waals surface area contributed by atoms with Crippen LogP contribution >= 0.6 is 0 Å². The van der Waals surface area contributed by atoms with Crippen molar-refractivity contribution < 1.29 is 14.4 Å². The molecule has 0 spiro atoms. The predicted molar refractivity (Wildman–Crippen MR) is 117 cm³/mol. The third-order valence-electron chi connectivity index (χ3n) is 5.24. The number of ether oxygens (including phenoxy) is 1. The van der Waals surface area contributed by atoms with E-state index in [0.717, 1.165) is 49.8 Å². The highest BCUT2D eigenvalue weighted by Gasteiger charge is 2.22. The van der Waals surface area contributed by atoms with Crippen LogP contribution in [0.15, 0.2) is 85.2 Å². The number of pyridine rings is 1. The third-order valence-corrected chi connectivity index (χ3v) is 5.24. The second kappa shape index (κ2) is 9.85. The molecule has 0 atom stereocenters. The van der Waals surface area contributed by atoms with Gasteiger partial charge in [0.25, 0.3) is 0 Å². The van der Waals surface area contributed by atoms with E-state index in [1.807, 2.05) is 78.0 Å². The van der Waals surface area contributed by atoms with Crippen LogP contribution in [0.3, 0.4) is 0 Å². The van der Waals surface area contributed by atoms with Gasteiger partial charge in [-0.05, 0) is 48.0 Å². The van der Waals surface area contributed by atoms with E-state index in [4.69, 9.17) is 4.74 Å². The number of para-hydroxylation sites is 1. The van der Waals surface area contributed by atoms with Crippen LogP contribution in [0, 0.1) is 0 Å². The lowest BCUT2D eigenvalue weighted by Crippen LogP contribution is -3.13. The molecular weight excluding hydrogens is 374 g/mol. The summed E-state index contributed by atoms with van der Waals surface area (Å²) in [4.78, 5) is 20.1. The summed E-state index contributed by atoms with van der Waals surface area (Å²) >= 11 is 0. The molecule has 0 saturated carbocycles. The van der Waals surface area contributed by atoms with Gasteiger partial charge in [-0.3, -0.25) is 9.78 Å². The number of hydrogen-bond donors (Lipinski definition) is 1. The van der Waals surface area contributed by atoms with Crippen LogP contribution in [0.2, 0.25) is 0 Å². The third kappa shape index (κ3) is 5.55. The molecule has 1 N–H and O–H groups in total. The van der Waals surface area contributed by atoms with Crippen LogP contribution in [0.25, 0.3) is 6.08 Å². The fourth-order valence-corrected chi connectivity index (χ4v) is 3.59. The summed E-state index contributed by atoms with van der Waals surface area (Å²) < 4.78 is 5.87. The lowest BCUT2D eigenvalue weighted by atomic mass is 10.2. The van der Waals surface area contributed by atoms with Gasteiger partial charge < -0.3 is 14.5 Å². The van der Waals surface area contributed by atoms with Crippen LogP contribution in [-0.4, -0.2) is 42.0 Å². The van der Waals surface area contributed by atoms with Gasteiger partial charge in [0, 0.05) is 24.0 Å². The molecule has 0 aliphatic carbocycles. The van der Waals surface area contributed by atoms with Gasteiger partial charge in [-0.25, -0.2) is 0 Å². The summed E-state index contributed by atoms with van der Waals surface area (Å²) in [7, 11) is 0. The number of rotatable bonds is 6. The maximum Gasteiger partial charge on any atom is 0.246 e. The van der Waals surface area contributed by atoms with Crippen LogP contribution in [0.1, 0.15) is 11.1 Å². The number of nitrogens with zero attached hydrogens (tertiary/aromatic N) is 2. The Balaban J connectivity index is 1.29. The highest BCUT2D eigenvalue weighted by molar-refractivity contribution is 5.91. The molecular formula is C25H26N3O2+. The Morgan fingerprint density at radius 2 is 1.70 bits per heavy atom. The van der Waals surface area contributed by atoms with Gasteiger partial charge >= 0.3 is 0 Å². The summed E-state index contributed by atoms with van der Waals surface area (Å²) in [6.45, 7) is 4.46. The Kier molecular flexibility index (Phi) is 6.52. The second-order valence-electron chi connectivity index (χ2n) is 7.43. The fourth-order valence-electron chi connectivity index (χ4n) is 3.59. The Bertz CT molecular complexity index is 982. The highest BCUT2D eigenvalue weighted by atomic mass is 16.5. The minimum atomic E-state index is 0.0624. The molecule has 1 aliphatic rings. The largest absolute Gasteiger partial charge is 0.457 e. The van der Waals surface area contributed by atoms with Crippen molar-refractivity contribution in [3.63, 3.8) is 0 Å². The number of aromatic nitrogens is 1. The predicted octanol–water partition coefficient (Wildman–Crippen LogP) is 2.81. The summed E-state index contributed by atoms with van der Waals surface area (Å²) in [5.74, 6) is 1.61. The first-order valence-electron chi connectivity index (χ1n) is 10.3. The Morgan fingerprint density at radius 3 is 2.47 bits per heavy atom. The molecule has 1 amide bonds. The first-order valence-corrected chi connectivity index (χ1v) is 10.3. The maximum atomic E-state index is 12.6. The molecule has 5 heteroatoms. The van der Waals surface area contributed by atoms with E-state index in [1.54, 1.807) is 6.08 Å². The van der Waals surface area contributed by atoms with Crippen molar-refractivity contribution in [1.82, 2.24) is 9.88 Å². The van der Waals surface area contributed by atoms with E-state index in [9.17, 15) is 4.79 Å². The molecule has 0 bridgehead atoms. The van der Waals surface area contributed by atoms with E-state index >= 15 is 0 Å². The quantitative estimate of drug-likeness (QED) is 0.648. The number of carbonyl (C=O) groups is 1. The Labute approximate surface area is 177 Å². The van der Waals surface area contributed by atoms with Crippen molar-refractivity contribution in [3.8, 4) is 11.5 Å². The number of carbonyl (C=O) groups excluding carboxylic acids is 1. The molecule has 4 rings (SSSR count). The molecule has 152 valence electrons. The SMILES string of the molecule is O=C(/C=C/c1cccc(Oc2ccccc2)c1)N1CC[NH+](Cc2ccncc2)CC1. The maximum absolute atomic E-state index is 12.6. The summed E-state index contributed by atoms with van der Waals surface area (Å²) in [5, 5.41) is 0. The van der Waals surface area contributed by atoms with E-state index < -0.39 is 0 Å². The standard InChI is InChI=1S/C25H25N3O2/c29-25(28-17-15-27(16-18-28)20-22-11-13-26-14-12-22)10-9-21-5-4-8-24(19-21)30-23-6-2-1-3-7-23/h1-14,19H,15-18,20H2/p+1/b10-9+. The minimum Gasteiger partial charge on any atom is -0.457 e. The minimum absolute atomic E-state index is 0.0624. The number of hydrogen-bond acceptors (Lipinski definition) is 3. The van der Waals surface area contributed by atoms with Gasteiger partial charge in [-0.15, -0.1) is 0 Å². The average molecular weight is 401 g/mol. The van der Waals surface area contributed by atoms with Crippen LogP contribution in [0.5, 0.6) is 11.5 Å². The monoisotopic (exact) mass is 400 g/mol. The molecule has 30 heavy (non-hydrogen) atoms. The fraction of sp³-hybridized carbons (Fsp3) is 0.200. The van der Waals surface area contributed by atoms with E-state index in [2.05, 4.69) is 17.1 Å². The molecule has 0 radical (unpaired) electrons. The van der Waals surface area contributed by atoms with Crippen LogP contribution in [-0.2, 0) is 11.3 Å². The zero-order chi connectivity index (χ0) is 20.6. The topological polar surface area (TPSA) is 46.9 Å². The lowest BCUT2D eigenvalue weighted by molar-refractivity contribution is -0.917. The zero-order valence-electron chi connectivity index (χ0n) is 16.9. The van der Waals surface area contributed by atoms with Crippen LogP contribution < -0.4 is 9.64 Å². The number of nitrogens with one attached hydrogen (secondary N) is 1. The first kappa shape index (κ1) is 19.9. The lowest BCUT2D eigenvalue weighted by Gasteiger charge is -2.31. The number of benzene rings is 2. The molecule has 1 aliphatic heterocycles. The van der Waals surface area contributed by atoms with E-state index in [0.29, 0.717) is 0 Å². The van der Waals surface area contributed by atoms with Crippen molar-refractivity contribution >= 4 is 12.0 Å². The van der Waals surface area contributed by atoms with Crippen molar-refractivity contribution in [2.45, 2.75) is 6.54 Å². The summed E-state index contributed by atoms with van der Waals surface area (Å²) in [5.41, 5.74) is 2.23. The molecule has 5 nitrogen and oxygen atoms in total. The molecule has 0 unspecified atom stereocenters. The first-order chi connectivity index (χ1) is 14.8. The molecule has 2 heterocycles. The molecule has 3 aromatic rings. The Hall–Kier alpha value is -3.44. The number of piperazine rings is 1. The van der Waals surface area contributed by atoms with Gasteiger partial charge in [0.2, 0.25) is 5.91 Å². The smallest absolute Gasteiger partial charge is 0.246 e. The molecule has 1 aromatic heterocycles. The molecule has 2 aromatic carbocycles. The Morgan fingerprint density at radius 1 is 0.967 bits per heavy atom. The van der Waals surface area contributed by atoms with Crippen LogP contribution in [0.4, 0.5) is 0 Å². The van der Waals surface area contributed by atoms with Crippen molar-refractivity contribution in [1.29, 1.82) is 0 Å². The number of amides is 1. The normalized spacial score (nSPS) is 14.7. The number of quaternary nitrogens is 1. The molecule has 1 saturated heterocycles.